The van der Waals surface area contributed by atoms with Crippen LogP contribution in [0.25, 0.3) is 0 Å². The molecule has 3 aliphatic rings. The maximum Gasteiger partial charge on any atom is 0.232 e. The van der Waals surface area contributed by atoms with Crippen molar-refractivity contribution in [1.82, 2.24) is 9.97 Å². The van der Waals surface area contributed by atoms with Gasteiger partial charge in [-0.15, -0.1) is 0 Å². The summed E-state index contributed by atoms with van der Waals surface area (Å²) in [6.07, 6.45) is 12.1. The van der Waals surface area contributed by atoms with Crippen LogP contribution < -0.4 is 15.4 Å². The van der Waals surface area contributed by atoms with E-state index >= 15 is 0 Å². The average molecular weight is 364 g/mol. The number of anilines is 1. The minimum Gasteiger partial charge on any atom is -0.473 e. The lowest BCUT2D eigenvalue weighted by molar-refractivity contribution is 0.187. The molecule has 1 spiro atoms. The van der Waals surface area contributed by atoms with Gasteiger partial charge in [0.15, 0.2) is 0 Å². The van der Waals surface area contributed by atoms with Crippen LogP contribution in [0.5, 0.6) is 5.88 Å². The average Bonchev–Trinajstić information content (AvgIpc) is 3.31. The van der Waals surface area contributed by atoms with Crippen molar-refractivity contribution in [3.05, 3.63) is 47.8 Å². The van der Waals surface area contributed by atoms with Gasteiger partial charge in [0, 0.05) is 19.1 Å². The normalized spacial score (nSPS) is 24.3. The first-order chi connectivity index (χ1) is 13.2. The summed E-state index contributed by atoms with van der Waals surface area (Å²) in [6, 6.07) is 8.84. The van der Waals surface area contributed by atoms with E-state index in [9.17, 15) is 0 Å². The number of nitrogens with two attached hydrogens (primary N) is 1. The number of rotatable bonds is 3. The molecule has 2 N–H and O–H groups in total. The maximum atomic E-state index is 6.67. The van der Waals surface area contributed by atoms with Crippen LogP contribution in [-0.2, 0) is 6.42 Å². The van der Waals surface area contributed by atoms with E-state index in [1.165, 1.54) is 24.0 Å². The van der Waals surface area contributed by atoms with Crippen molar-refractivity contribution < 1.29 is 4.74 Å². The van der Waals surface area contributed by atoms with E-state index in [2.05, 4.69) is 39.1 Å². The van der Waals surface area contributed by atoms with Crippen molar-refractivity contribution in [3.63, 3.8) is 0 Å². The molecule has 5 nitrogen and oxygen atoms in total. The van der Waals surface area contributed by atoms with E-state index in [0.29, 0.717) is 12.0 Å². The Morgan fingerprint density at radius 2 is 1.81 bits per heavy atom. The van der Waals surface area contributed by atoms with E-state index in [0.717, 1.165) is 51.0 Å². The molecular formula is C22H28N4O. The van der Waals surface area contributed by atoms with E-state index in [-0.39, 0.29) is 11.5 Å². The van der Waals surface area contributed by atoms with Crippen molar-refractivity contribution in [3.8, 4) is 5.88 Å². The largest absolute Gasteiger partial charge is 0.473 e. The number of hydrogen-bond acceptors (Lipinski definition) is 5. The molecule has 0 bridgehead atoms. The van der Waals surface area contributed by atoms with Crippen LogP contribution >= 0.6 is 0 Å². The van der Waals surface area contributed by atoms with E-state index in [1.807, 2.05) is 6.20 Å². The zero-order valence-electron chi connectivity index (χ0n) is 15.8. The fourth-order valence-corrected chi connectivity index (χ4v) is 5.20. The van der Waals surface area contributed by atoms with E-state index in [1.54, 1.807) is 6.20 Å². The Morgan fingerprint density at radius 1 is 1.04 bits per heavy atom. The van der Waals surface area contributed by atoms with E-state index < -0.39 is 0 Å². The van der Waals surface area contributed by atoms with Crippen LogP contribution in [-0.4, -0.2) is 29.2 Å². The summed E-state index contributed by atoms with van der Waals surface area (Å²) in [6.45, 7) is 1.97. The molecule has 1 saturated heterocycles. The predicted octanol–water partition coefficient (Wildman–Crippen LogP) is 3.64. The van der Waals surface area contributed by atoms with Gasteiger partial charge < -0.3 is 15.4 Å². The van der Waals surface area contributed by atoms with Crippen LogP contribution in [0.1, 0.15) is 55.7 Å². The van der Waals surface area contributed by atoms with Gasteiger partial charge in [0.1, 0.15) is 11.9 Å². The molecule has 2 aromatic rings. The molecule has 2 fully saturated rings. The Bertz CT molecular complexity index is 792. The summed E-state index contributed by atoms with van der Waals surface area (Å²) in [5.41, 5.74) is 9.67. The van der Waals surface area contributed by atoms with Gasteiger partial charge in [0.2, 0.25) is 5.88 Å². The number of hydrogen-bond donors (Lipinski definition) is 1. The summed E-state index contributed by atoms with van der Waals surface area (Å²) >= 11 is 0. The molecule has 2 heterocycles. The third-order valence-corrected chi connectivity index (χ3v) is 6.88. The molecule has 1 aromatic heterocycles. The molecule has 5 rings (SSSR count). The topological polar surface area (TPSA) is 64.3 Å². The van der Waals surface area contributed by atoms with Gasteiger partial charge in [-0.3, -0.25) is 0 Å². The minimum absolute atomic E-state index is 0.157. The fraction of sp³-hybridized carbons (Fsp3) is 0.545. The van der Waals surface area contributed by atoms with Crippen LogP contribution in [0, 0.1) is 5.41 Å². The third kappa shape index (κ3) is 3.08. The molecule has 5 heteroatoms. The number of nitrogens with zero attached hydrogens (tertiary/aromatic N) is 3. The van der Waals surface area contributed by atoms with E-state index in [4.69, 9.17) is 10.5 Å². The second kappa shape index (κ2) is 6.79. The molecule has 1 aliphatic heterocycles. The molecular weight excluding hydrogens is 336 g/mol. The number of fused-ring (bicyclic) bond motifs is 1. The first kappa shape index (κ1) is 17.0. The zero-order valence-corrected chi connectivity index (χ0v) is 15.8. The van der Waals surface area contributed by atoms with Crippen LogP contribution in [0.15, 0.2) is 36.7 Å². The van der Waals surface area contributed by atoms with Crippen LogP contribution in [0.4, 0.5) is 5.82 Å². The number of ether oxygens (including phenoxy) is 1. The van der Waals surface area contributed by atoms with Crippen LogP contribution in [0.2, 0.25) is 0 Å². The second-order valence-electron chi connectivity index (χ2n) is 8.44. The monoisotopic (exact) mass is 364 g/mol. The molecule has 0 radical (unpaired) electrons. The number of piperidine rings is 1. The Balaban J connectivity index is 1.23. The fourth-order valence-electron chi connectivity index (χ4n) is 5.20. The molecule has 1 atom stereocenters. The van der Waals surface area contributed by atoms with Gasteiger partial charge in [-0.25, -0.2) is 9.97 Å². The lowest BCUT2D eigenvalue weighted by Crippen LogP contribution is -2.44. The van der Waals surface area contributed by atoms with Gasteiger partial charge in [-0.05, 0) is 61.5 Å². The van der Waals surface area contributed by atoms with Crippen molar-refractivity contribution in [2.45, 2.75) is 57.1 Å². The molecule has 27 heavy (non-hydrogen) atoms. The van der Waals surface area contributed by atoms with Gasteiger partial charge in [0.05, 0.1) is 12.4 Å². The molecule has 142 valence electrons. The summed E-state index contributed by atoms with van der Waals surface area (Å²) in [4.78, 5) is 11.5. The third-order valence-electron chi connectivity index (χ3n) is 6.88. The van der Waals surface area contributed by atoms with Crippen LogP contribution in [0.3, 0.4) is 0 Å². The smallest absolute Gasteiger partial charge is 0.232 e. The van der Waals surface area contributed by atoms with Gasteiger partial charge in [-0.2, -0.15) is 0 Å². The summed E-state index contributed by atoms with van der Waals surface area (Å²) in [5, 5.41) is 0. The summed E-state index contributed by atoms with van der Waals surface area (Å²) in [5.74, 6) is 1.61. The quantitative estimate of drug-likeness (QED) is 0.901. The Labute approximate surface area is 161 Å². The van der Waals surface area contributed by atoms with Crippen molar-refractivity contribution in [2.24, 2.45) is 11.1 Å². The first-order valence-corrected chi connectivity index (χ1v) is 10.3. The highest BCUT2D eigenvalue weighted by atomic mass is 16.5. The zero-order chi connectivity index (χ0) is 18.3. The SMILES string of the molecule is N[C@@H]1c2ccccc2CC12CCN(c1cnc(OC3CCCC3)cn1)CC2. The summed E-state index contributed by atoms with van der Waals surface area (Å²) in [7, 11) is 0. The van der Waals surface area contributed by atoms with Crippen molar-refractivity contribution in [1.29, 1.82) is 0 Å². The maximum absolute atomic E-state index is 6.67. The highest BCUT2D eigenvalue weighted by Crippen LogP contribution is 2.50. The highest BCUT2D eigenvalue weighted by Gasteiger charge is 2.45. The summed E-state index contributed by atoms with van der Waals surface area (Å²) < 4.78 is 5.93. The standard InChI is InChI=1S/C22H28N4O/c23-21-18-8-4-1-5-16(18)13-22(21)9-11-26(12-10-22)19-14-25-20(15-24-19)27-17-6-2-3-7-17/h1,4-5,8,14-15,17,21H,2-3,6-7,9-13,23H2/t21-/m1/s1. The second-order valence-corrected chi connectivity index (χ2v) is 8.44. The Kier molecular flexibility index (Phi) is 4.27. The highest BCUT2D eigenvalue weighted by molar-refractivity contribution is 5.41. The van der Waals surface area contributed by atoms with Crippen molar-refractivity contribution >= 4 is 5.82 Å². The molecule has 2 aliphatic carbocycles. The minimum atomic E-state index is 0.157. The first-order valence-electron chi connectivity index (χ1n) is 10.3. The van der Waals surface area contributed by atoms with Gasteiger partial charge in [-0.1, -0.05) is 24.3 Å². The number of benzene rings is 1. The lowest BCUT2D eigenvalue weighted by atomic mass is 9.73. The predicted molar refractivity (Wildman–Crippen MR) is 106 cm³/mol. The van der Waals surface area contributed by atoms with Gasteiger partial charge >= 0.3 is 0 Å². The molecule has 1 saturated carbocycles. The van der Waals surface area contributed by atoms with Gasteiger partial charge in [0.25, 0.3) is 0 Å². The molecule has 0 unspecified atom stereocenters. The Morgan fingerprint density at radius 3 is 2.52 bits per heavy atom. The molecule has 1 aromatic carbocycles. The molecule has 0 amide bonds. The van der Waals surface area contributed by atoms with Crippen molar-refractivity contribution in [2.75, 3.05) is 18.0 Å². The number of aromatic nitrogens is 2. The lowest BCUT2D eigenvalue weighted by Gasteiger charge is -2.42. The Hall–Kier alpha value is -2.14.